The second-order valence-electron chi connectivity index (χ2n) is 3.35. The Morgan fingerprint density at radius 3 is 3.00 bits per heavy atom. The van der Waals surface area contributed by atoms with Crippen LogP contribution in [0.15, 0.2) is 12.4 Å². The lowest BCUT2D eigenvalue weighted by atomic mass is 9.81. The van der Waals surface area contributed by atoms with Crippen LogP contribution in [-0.4, -0.2) is 15.7 Å². The summed E-state index contributed by atoms with van der Waals surface area (Å²) in [7, 11) is 0. The summed E-state index contributed by atoms with van der Waals surface area (Å²) in [4.78, 5) is 0. The minimum atomic E-state index is 0.645. The summed E-state index contributed by atoms with van der Waals surface area (Å²) in [5.41, 5.74) is 1.39. The summed E-state index contributed by atoms with van der Waals surface area (Å²) >= 11 is 5.61. The van der Waals surface area contributed by atoms with E-state index in [0.717, 1.165) is 12.5 Å². The van der Waals surface area contributed by atoms with E-state index in [4.69, 9.17) is 11.6 Å². The van der Waals surface area contributed by atoms with Gasteiger partial charge in [0, 0.05) is 12.1 Å². The van der Waals surface area contributed by atoms with Gasteiger partial charge < -0.3 is 0 Å². The molecule has 3 heteroatoms. The number of aryl methyl sites for hydroxylation is 1. The van der Waals surface area contributed by atoms with Crippen LogP contribution < -0.4 is 0 Å². The molecule has 1 aliphatic carbocycles. The molecule has 0 bridgehead atoms. The lowest BCUT2D eigenvalue weighted by Crippen LogP contribution is -2.07. The van der Waals surface area contributed by atoms with Crippen LogP contribution >= 0.6 is 11.6 Å². The molecule has 0 atom stereocenters. The molecule has 1 fully saturated rings. The average Bonchev–Trinajstić information content (AvgIpc) is 2.34. The minimum absolute atomic E-state index is 0.645. The van der Waals surface area contributed by atoms with Crippen LogP contribution in [0.2, 0.25) is 0 Å². The zero-order valence-corrected chi connectivity index (χ0v) is 7.80. The summed E-state index contributed by atoms with van der Waals surface area (Å²) in [5.74, 6) is 1.43. The van der Waals surface area contributed by atoms with Gasteiger partial charge >= 0.3 is 0 Å². The molecular weight excluding hydrogens is 172 g/mol. The van der Waals surface area contributed by atoms with Gasteiger partial charge in [-0.3, -0.25) is 4.68 Å². The van der Waals surface area contributed by atoms with E-state index in [0.29, 0.717) is 5.88 Å². The van der Waals surface area contributed by atoms with E-state index in [-0.39, 0.29) is 0 Å². The van der Waals surface area contributed by atoms with Crippen LogP contribution in [0.3, 0.4) is 0 Å². The van der Waals surface area contributed by atoms with Gasteiger partial charge in [-0.15, -0.1) is 11.6 Å². The first-order chi connectivity index (χ1) is 5.90. The maximum atomic E-state index is 5.61. The van der Waals surface area contributed by atoms with E-state index in [9.17, 15) is 0 Å². The Kier molecular flexibility index (Phi) is 2.35. The summed E-state index contributed by atoms with van der Waals surface area (Å²) in [5, 5.41) is 4.24. The Morgan fingerprint density at radius 2 is 2.42 bits per heavy atom. The Morgan fingerprint density at radius 1 is 1.58 bits per heavy atom. The van der Waals surface area contributed by atoms with Gasteiger partial charge in [0.05, 0.1) is 12.7 Å². The van der Waals surface area contributed by atoms with Gasteiger partial charge in [-0.25, -0.2) is 0 Å². The first-order valence-electron chi connectivity index (χ1n) is 4.48. The SMILES string of the molecule is ClCCn1cc(C2CCC2)cn1. The zero-order chi connectivity index (χ0) is 8.39. The quantitative estimate of drug-likeness (QED) is 0.660. The molecule has 0 radical (unpaired) electrons. The standard InChI is InChI=1S/C9H13ClN2/c10-4-5-12-7-9(6-11-12)8-2-1-3-8/h6-8H,1-5H2. The van der Waals surface area contributed by atoms with Crippen molar-refractivity contribution >= 4 is 11.6 Å². The molecule has 1 aromatic rings. The van der Waals surface area contributed by atoms with Crippen LogP contribution in [0.25, 0.3) is 0 Å². The predicted octanol–water partition coefficient (Wildman–Crippen LogP) is 2.39. The third-order valence-electron chi connectivity index (χ3n) is 2.54. The van der Waals surface area contributed by atoms with E-state index in [1.807, 2.05) is 10.9 Å². The lowest BCUT2D eigenvalue weighted by Gasteiger charge is -2.23. The van der Waals surface area contributed by atoms with Crippen LogP contribution in [-0.2, 0) is 6.54 Å². The highest BCUT2D eigenvalue weighted by Crippen LogP contribution is 2.35. The molecule has 0 aliphatic heterocycles. The summed E-state index contributed by atoms with van der Waals surface area (Å²) < 4.78 is 1.93. The van der Waals surface area contributed by atoms with E-state index >= 15 is 0 Å². The van der Waals surface area contributed by atoms with E-state index in [2.05, 4.69) is 11.3 Å². The number of rotatable bonds is 3. The highest BCUT2D eigenvalue weighted by molar-refractivity contribution is 6.17. The first kappa shape index (κ1) is 8.11. The molecule has 1 heterocycles. The monoisotopic (exact) mass is 184 g/mol. The minimum Gasteiger partial charge on any atom is -0.271 e. The molecule has 0 aromatic carbocycles. The molecule has 2 rings (SSSR count). The Labute approximate surface area is 77.5 Å². The van der Waals surface area contributed by atoms with Gasteiger partial charge in [-0.2, -0.15) is 5.10 Å². The van der Waals surface area contributed by atoms with Crippen molar-refractivity contribution in [2.75, 3.05) is 5.88 Å². The van der Waals surface area contributed by atoms with Crippen LogP contribution in [0.1, 0.15) is 30.7 Å². The topological polar surface area (TPSA) is 17.8 Å². The molecule has 2 nitrogen and oxygen atoms in total. The molecule has 1 saturated carbocycles. The zero-order valence-electron chi connectivity index (χ0n) is 7.04. The number of hydrogen-bond acceptors (Lipinski definition) is 1. The van der Waals surface area contributed by atoms with E-state index in [1.165, 1.54) is 24.8 Å². The van der Waals surface area contributed by atoms with Gasteiger partial charge in [0.1, 0.15) is 0 Å². The van der Waals surface area contributed by atoms with Crippen molar-refractivity contribution in [3.05, 3.63) is 18.0 Å². The van der Waals surface area contributed by atoms with Gasteiger partial charge in [-0.1, -0.05) is 6.42 Å². The fraction of sp³-hybridized carbons (Fsp3) is 0.667. The van der Waals surface area contributed by atoms with E-state index in [1.54, 1.807) is 0 Å². The van der Waals surface area contributed by atoms with E-state index < -0.39 is 0 Å². The van der Waals surface area contributed by atoms with Crippen LogP contribution in [0.5, 0.6) is 0 Å². The third-order valence-corrected chi connectivity index (χ3v) is 2.71. The molecule has 12 heavy (non-hydrogen) atoms. The smallest absolute Gasteiger partial charge is 0.0544 e. The Hall–Kier alpha value is -0.500. The normalized spacial score (nSPS) is 17.8. The van der Waals surface area contributed by atoms with Crippen molar-refractivity contribution in [3.63, 3.8) is 0 Å². The molecular formula is C9H13ClN2. The van der Waals surface area contributed by atoms with Gasteiger partial charge in [0.2, 0.25) is 0 Å². The fourth-order valence-electron chi connectivity index (χ4n) is 1.54. The Bertz CT molecular complexity index is 253. The molecule has 0 unspecified atom stereocenters. The van der Waals surface area contributed by atoms with Crippen molar-refractivity contribution in [1.82, 2.24) is 9.78 Å². The van der Waals surface area contributed by atoms with Gasteiger partial charge in [0.15, 0.2) is 0 Å². The fourth-order valence-corrected chi connectivity index (χ4v) is 1.71. The highest BCUT2D eigenvalue weighted by Gasteiger charge is 2.20. The number of halogens is 1. The van der Waals surface area contributed by atoms with Crippen molar-refractivity contribution in [1.29, 1.82) is 0 Å². The molecule has 1 aromatic heterocycles. The number of alkyl halides is 1. The third kappa shape index (κ3) is 1.48. The number of nitrogens with zero attached hydrogens (tertiary/aromatic N) is 2. The van der Waals surface area contributed by atoms with Crippen molar-refractivity contribution < 1.29 is 0 Å². The summed E-state index contributed by atoms with van der Waals surface area (Å²) in [6.45, 7) is 0.828. The Balaban J connectivity index is 2.02. The number of aromatic nitrogens is 2. The van der Waals surface area contributed by atoms with Gasteiger partial charge in [0.25, 0.3) is 0 Å². The van der Waals surface area contributed by atoms with Crippen LogP contribution in [0.4, 0.5) is 0 Å². The molecule has 66 valence electrons. The molecule has 0 amide bonds. The summed E-state index contributed by atoms with van der Waals surface area (Å²) in [6.07, 6.45) is 8.17. The number of hydrogen-bond donors (Lipinski definition) is 0. The van der Waals surface area contributed by atoms with Gasteiger partial charge in [-0.05, 0) is 24.3 Å². The van der Waals surface area contributed by atoms with Crippen molar-refractivity contribution in [3.8, 4) is 0 Å². The van der Waals surface area contributed by atoms with Crippen molar-refractivity contribution in [2.24, 2.45) is 0 Å². The van der Waals surface area contributed by atoms with Crippen LogP contribution in [0, 0.1) is 0 Å². The molecule has 1 aliphatic rings. The maximum absolute atomic E-state index is 5.61. The molecule has 0 N–H and O–H groups in total. The molecule has 0 spiro atoms. The predicted molar refractivity (Wildman–Crippen MR) is 49.5 cm³/mol. The second kappa shape index (κ2) is 3.48. The highest BCUT2D eigenvalue weighted by atomic mass is 35.5. The van der Waals surface area contributed by atoms with Crippen molar-refractivity contribution in [2.45, 2.75) is 31.7 Å². The lowest BCUT2D eigenvalue weighted by molar-refractivity contribution is 0.419. The summed E-state index contributed by atoms with van der Waals surface area (Å²) in [6, 6.07) is 0. The largest absolute Gasteiger partial charge is 0.271 e. The second-order valence-corrected chi connectivity index (χ2v) is 3.73. The average molecular weight is 185 g/mol. The first-order valence-corrected chi connectivity index (χ1v) is 5.02. The maximum Gasteiger partial charge on any atom is 0.0544 e. The molecule has 0 saturated heterocycles.